The quantitative estimate of drug-likeness (QED) is 0.627. The predicted molar refractivity (Wildman–Crippen MR) is 77.6 cm³/mol. The van der Waals surface area contributed by atoms with Crippen LogP contribution in [0.5, 0.6) is 0 Å². The highest BCUT2D eigenvalue weighted by Crippen LogP contribution is 2.40. The van der Waals surface area contributed by atoms with Crippen LogP contribution in [-0.2, 0) is 4.79 Å². The number of hydrogen-bond donors (Lipinski definition) is 0. The number of thioether (sulfide) groups is 1. The van der Waals surface area contributed by atoms with E-state index >= 15 is 0 Å². The third-order valence-corrected chi connectivity index (χ3v) is 4.51. The molecule has 3 nitrogen and oxygen atoms in total. The lowest BCUT2D eigenvalue weighted by molar-refractivity contribution is -0.118. The molecule has 1 amide bonds. The second kappa shape index (κ2) is 5.50. The van der Waals surface area contributed by atoms with Crippen molar-refractivity contribution in [2.75, 3.05) is 11.4 Å². The molecule has 0 spiro atoms. The van der Waals surface area contributed by atoms with Gasteiger partial charge in [-0.05, 0) is 25.5 Å². The van der Waals surface area contributed by atoms with Gasteiger partial charge in [-0.2, -0.15) is 0 Å². The monoisotopic (exact) mass is 273 g/mol. The molecule has 0 aliphatic carbocycles. The van der Waals surface area contributed by atoms with E-state index in [1.54, 1.807) is 28.8 Å². The average Bonchev–Trinajstić information content (AvgIpc) is 2.41. The molecule has 1 aromatic rings. The van der Waals surface area contributed by atoms with Crippen LogP contribution in [0.25, 0.3) is 0 Å². The van der Waals surface area contributed by atoms with Crippen molar-refractivity contribution in [1.29, 1.82) is 0 Å². The van der Waals surface area contributed by atoms with E-state index < -0.39 is 0 Å². The molecular weight excluding hydrogens is 258 g/mol. The van der Waals surface area contributed by atoms with Crippen molar-refractivity contribution in [2.45, 2.75) is 30.4 Å². The lowest BCUT2D eigenvalue weighted by Crippen LogP contribution is -2.41. The standard InChI is InChI=1S/C15H15NO2S/c1-4-8-16-12-9-11(10(3)17)6-7-14(12)19-13(5-2)15(16)18/h1,6-7,9,13H,5,8H2,2-3H3. The summed E-state index contributed by atoms with van der Waals surface area (Å²) in [6, 6.07) is 5.45. The van der Waals surface area contributed by atoms with Gasteiger partial charge < -0.3 is 0 Å². The highest BCUT2D eigenvalue weighted by atomic mass is 32.2. The number of nitrogens with zero attached hydrogens (tertiary/aromatic N) is 1. The number of anilines is 1. The molecule has 0 aromatic heterocycles. The van der Waals surface area contributed by atoms with Crippen molar-refractivity contribution in [3.63, 3.8) is 0 Å². The summed E-state index contributed by atoms with van der Waals surface area (Å²) >= 11 is 1.54. The number of Topliss-reactive ketones (excluding diaryl/α,β-unsaturated/α-hetero) is 1. The summed E-state index contributed by atoms with van der Waals surface area (Å²) < 4.78 is 0. The summed E-state index contributed by atoms with van der Waals surface area (Å²) in [5.74, 6) is 2.52. The highest BCUT2D eigenvalue weighted by molar-refractivity contribution is 8.01. The van der Waals surface area contributed by atoms with Crippen molar-refractivity contribution in [3.8, 4) is 12.3 Å². The molecule has 19 heavy (non-hydrogen) atoms. The van der Waals surface area contributed by atoms with Crippen LogP contribution in [0.4, 0.5) is 5.69 Å². The second-order valence-corrected chi connectivity index (χ2v) is 5.63. The van der Waals surface area contributed by atoms with Gasteiger partial charge in [-0.3, -0.25) is 14.5 Å². The molecule has 1 aromatic carbocycles. The number of carbonyl (C=O) groups excluding carboxylic acids is 2. The van der Waals surface area contributed by atoms with Gasteiger partial charge in [0, 0.05) is 10.5 Å². The Labute approximate surface area is 117 Å². The van der Waals surface area contributed by atoms with E-state index in [9.17, 15) is 9.59 Å². The van der Waals surface area contributed by atoms with E-state index in [0.717, 1.165) is 17.0 Å². The van der Waals surface area contributed by atoms with E-state index in [1.165, 1.54) is 6.92 Å². The maximum absolute atomic E-state index is 12.3. The summed E-state index contributed by atoms with van der Waals surface area (Å²) in [7, 11) is 0. The van der Waals surface area contributed by atoms with Gasteiger partial charge in [-0.25, -0.2) is 0 Å². The van der Waals surface area contributed by atoms with Crippen molar-refractivity contribution < 1.29 is 9.59 Å². The third-order valence-electron chi connectivity index (χ3n) is 3.09. The Kier molecular flexibility index (Phi) is 3.96. The number of amides is 1. The zero-order valence-corrected chi connectivity index (χ0v) is 11.8. The first-order valence-corrected chi connectivity index (χ1v) is 7.03. The lowest BCUT2D eigenvalue weighted by Gasteiger charge is -2.32. The highest BCUT2D eigenvalue weighted by Gasteiger charge is 2.32. The van der Waals surface area contributed by atoms with Crippen LogP contribution >= 0.6 is 11.8 Å². The Morgan fingerprint density at radius 2 is 2.26 bits per heavy atom. The average molecular weight is 273 g/mol. The second-order valence-electron chi connectivity index (χ2n) is 4.38. The predicted octanol–water partition coefficient (Wildman–Crippen LogP) is 2.74. The Balaban J connectivity index is 2.50. The van der Waals surface area contributed by atoms with Crippen molar-refractivity contribution in [1.82, 2.24) is 0 Å². The summed E-state index contributed by atoms with van der Waals surface area (Å²) in [6.45, 7) is 3.74. The van der Waals surface area contributed by atoms with Gasteiger partial charge in [0.2, 0.25) is 5.91 Å². The lowest BCUT2D eigenvalue weighted by atomic mass is 10.1. The number of ketones is 1. The Morgan fingerprint density at radius 3 is 2.84 bits per heavy atom. The molecule has 2 rings (SSSR count). The minimum Gasteiger partial charge on any atom is -0.299 e. The Morgan fingerprint density at radius 1 is 1.53 bits per heavy atom. The number of fused-ring (bicyclic) bond motifs is 1. The van der Waals surface area contributed by atoms with Crippen molar-refractivity contribution in [3.05, 3.63) is 23.8 Å². The maximum atomic E-state index is 12.3. The van der Waals surface area contributed by atoms with Crippen LogP contribution in [-0.4, -0.2) is 23.5 Å². The molecule has 98 valence electrons. The Hall–Kier alpha value is -1.73. The van der Waals surface area contributed by atoms with Crippen LogP contribution in [0.3, 0.4) is 0 Å². The van der Waals surface area contributed by atoms with E-state index in [4.69, 9.17) is 6.42 Å². The SMILES string of the molecule is C#CCN1C(=O)C(CC)Sc2ccc(C(C)=O)cc21. The van der Waals surface area contributed by atoms with Crippen LogP contribution in [0.2, 0.25) is 0 Å². The molecular formula is C15H15NO2S. The van der Waals surface area contributed by atoms with Crippen LogP contribution in [0.15, 0.2) is 23.1 Å². The van der Waals surface area contributed by atoms with Crippen molar-refractivity contribution in [2.24, 2.45) is 0 Å². The normalized spacial score (nSPS) is 17.8. The van der Waals surface area contributed by atoms with Gasteiger partial charge in [0.15, 0.2) is 5.78 Å². The number of rotatable bonds is 3. The first-order valence-electron chi connectivity index (χ1n) is 6.15. The van der Waals surface area contributed by atoms with E-state index in [-0.39, 0.29) is 23.5 Å². The van der Waals surface area contributed by atoms with Crippen LogP contribution in [0, 0.1) is 12.3 Å². The first kappa shape index (κ1) is 13.7. The molecule has 0 N–H and O–H groups in total. The fourth-order valence-electron chi connectivity index (χ4n) is 2.06. The largest absolute Gasteiger partial charge is 0.299 e. The molecule has 0 bridgehead atoms. The molecule has 0 saturated carbocycles. The topological polar surface area (TPSA) is 37.4 Å². The molecule has 1 heterocycles. The van der Waals surface area contributed by atoms with E-state index in [0.29, 0.717) is 5.56 Å². The zero-order valence-electron chi connectivity index (χ0n) is 11.0. The molecule has 1 aliphatic heterocycles. The fraction of sp³-hybridized carbons (Fsp3) is 0.333. The number of benzene rings is 1. The molecule has 4 heteroatoms. The Bertz CT molecular complexity index is 574. The maximum Gasteiger partial charge on any atom is 0.241 e. The van der Waals surface area contributed by atoms with Gasteiger partial charge in [0.1, 0.15) is 0 Å². The van der Waals surface area contributed by atoms with Gasteiger partial charge in [-0.15, -0.1) is 18.2 Å². The van der Waals surface area contributed by atoms with Gasteiger partial charge in [-0.1, -0.05) is 18.9 Å². The van der Waals surface area contributed by atoms with Crippen molar-refractivity contribution >= 4 is 29.1 Å². The minimum absolute atomic E-state index is 0.0153. The molecule has 0 fully saturated rings. The van der Waals surface area contributed by atoms with E-state index in [2.05, 4.69) is 5.92 Å². The molecule has 0 saturated heterocycles. The smallest absolute Gasteiger partial charge is 0.241 e. The zero-order chi connectivity index (χ0) is 14.0. The van der Waals surface area contributed by atoms with E-state index in [1.807, 2.05) is 13.0 Å². The van der Waals surface area contributed by atoms with Gasteiger partial charge in [0.05, 0.1) is 17.5 Å². The number of hydrogen-bond acceptors (Lipinski definition) is 3. The number of terminal acetylenes is 1. The summed E-state index contributed by atoms with van der Waals surface area (Å²) in [5.41, 5.74) is 1.36. The molecule has 0 radical (unpaired) electrons. The third kappa shape index (κ3) is 2.52. The molecule has 1 aliphatic rings. The minimum atomic E-state index is -0.0935. The molecule has 1 atom stereocenters. The van der Waals surface area contributed by atoms with Gasteiger partial charge in [0.25, 0.3) is 0 Å². The molecule has 1 unspecified atom stereocenters. The summed E-state index contributed by atoms with van der Waals surface area (Å²) in [6.07, 6.45) is 6.11. The summed E-state index contributed by atoms with van der Waals surface area (Å²) in [5, 5.41) is -0.0935. The summed E-state index contributed by atoms with van der Waals surface area (Å²) in [4.78, 5) is 26.4. The van der Waals surface area contributed by atoms with Crippen LogP contribution < -0.4 is 4.90 Å². The van der Waals surface area contributed by atoms with Crippen LogP contribution in [0.1, 0.15) is 30.6 Å². The number of carbonyl (C=O) groups is 2. The fourth-order valence-corrected chi connectivity index (χ4v) is 3.19. The first-order chi connectivity index (χ1) is 9.08. The van der Waals surface area contributed by atoms with Gasteiger partial charge >= 0.3 is 0 Å².